The summed E-state index contributed by atoms with van der Waals surface area (Å²) in [7, 11) is 0. The van der Waals surface area contributed by atoms with Crippen molar-refractivity contribution in [1.82, 2.24) is 0 Å². The zero-order chi connectivity index (χ0) is 7.99. The van der Waals surface area contributed by atoms with Gasteiger partial charge in [0.05, 0.1) is 12.7 Å². The van der Waals surface area contributed by atoms with Gasteiger partial charge in [-0.15, -0.1) is 12.4 Å². The number of aliphatic hydroxyl groups excluding tert-OH is 2. The maximum Gasteiger partial charge on any atom is 0.0628 e. The van der Waals surface area contributed by atoms with Crippen LogP contribution in [0.4, 0.5) is 0 Å². The van der Waals surface area contributed by atoms with Gasteiger partial charge in [0, 0.05) is 11.0 Å². The van der Waals surface area contributed by atoms with Gasteiger partial charge >= 0.3 is 0 Å². The Morgan fingerprint density at radius 1 is 1.55 bits per heavy atom. The van der Waals surface area contributed by atoms with Crippen LogP contribution in [-0.2, 0) is 0 Å². The third-order valence-electron chi connectivity index (χ3n) is 2.96. The Bertz CT molecular complexity index is 149. The highest BCUT2D eigenvalue weighted by molar-refractivity contribution is 5.85. The van der Waals surface area contributed by atoms with Gasteiger partial charge in [0.25, 0.3) is 0 Å². The number of aliphatic hydroxyl groups is 2. The molecule has 3 nitrogen and oxygen atoms in total. The lowest BCUT2D eigenvalue weighted by Gasteiger charge is -2.56. The normalized spacial score (nSPS) is 40.6. The van der Waals surface area contributed by atoms with Crippen LogP contribution >= 0.6 is 12.4 Å². The zero-order valence-corrected chi connectivity index (χ0v) is 7.69. The third-order valence-corrected chi connectivity index (χ3v) is 2.96. The van der Waals surface area contributed by atoms with E-state index in [-0.39, 0.29) is 30.5 Å². The monoisotopic (exact) mass is 181 g/mol. The highest BCUT2D eigenvalue weighted by atomic mass is 35.5. The van der Waals surface area contributed by atoms with Crippen molar-refractivity contribution < 1.29 is 10.2 Å². The molecule has 0 aromatic rings. The van der Waals surface area contributed by atoms with E-state index in [1.807, 2.05) is 13.8 Å². The molecule has 0 aromatic heterocycles. The molecule has 0 aromatic carbocycles. The minimum Gasteiger partial charge on any atom is -0.394 e. The largest absolute Gasteiger partial charge is 0.394 e. The SMILES string of the molecule is CC1(C)C(O)CC1(N)CO.Cl. The van der Waals surface area contributed by atoms with Gasteiger partial charge in [0.15, 0.2) is 0 Å². The van der Waals surface area contributed by atoms with Crippen LogP contribution in [0.25, 0.3) is 0 Å². The molecule has 1 aliphatic carbocycles. The molecule has 2 unspecified atom stereocenters. The molecule has 0 spiro atoms. The van der Waals surface area contributed by atoms with Gasteiger partial charge in [0.2, 0.25) is 0 Å². The van der Waals surface area contributed by atoms with Crippen LogP contribution in [0.2, 0.25) is 0 Å². The van der Waals surface area contributed by atoms with E-state index in [1.54, 1.807) is 0 Å². The molecule has 1 fully saturated rings. The van der Waals surface area contributed by atoms with Crippen LogP contribution in [0, 0.1) is 5.41 Å². The van der Waals surface area contributed by atoms with E-state index >= 15 is 0 Å². The summed E-state index contributed by atoms with van der Waals surface area (Å²) < 4.78 is 0. The van der Waals surface area contributed by atoms with E-state index in [2.05, 4.69) is 0 Å². The summed E-state index contributed by atoms with van der Waals surface area (Å²) >= 11 is 0. The van der Waals surface area contributed by atoms with Gasteiger partial charge in [-0.2, -0.15) is 0 Å². The highest BCUT2D eigenvalue weighted by Gasteiger charge is 2.56. The van der Waals surface area contributed by atoms with Crippen LogP contribution in [-0.4, -0.2) is 28.5 Å². The number of rotatable bonds is 1. The summed E-state index contributed by atoms with van der Waals surface area (Å²) in [6, 6.07) is 0. The molecule has 0 amide bonds. The van der Waals surface area contributed by atoms with Gasteiger partial charge in [-0.1, -0.05) is 13.8 Å². The fourth-order valence-corrected chi connectivity index (χ4v) is 1.33. The topological polar surface area (TPSA) is 66.5 Å². The smallest absolute Gasteiger partial charge is 0.0628 e. The molecule has 1 saturated carbocycles. The highest BCUT2D eigenvalue weighted by Crippen LogP contribution is 2.47. The number of hydrogen-bond donors (Lipinski definition) is 3. The molecule has 0 bridgehead atoms. The van der Waals surface area contributed by atoms with E-state index in [1.165, 1.54) is 0 Å². The number of halogens is 1. The van der Waals surface area contributed by atoms with Crippen molar-refractivity contribution in [3.8, 4) is 0 Å². The van der Waals surface area contributed by atoms with Crippen molar-refractivity contribution in [2.75, 3.05) is 6.61 Å². The van der Waals surface area contributed by atoms with Crippen molar-refractivity contribution in [3.05, 3.63) is 0 Å². The summed E-state index contributed by atoms with van der Waals surface area (Å²) in [4.78, 5) is 0. The molecular weight excluding hydrogens is 166 g/mol. The van der Waals surface area contributed by atoms with Crippen LogP contribution in [0.15, 0.2) is 0 Å². The quantitative estimate of drug-likeness (QED) is 0.529. The van der Waals surface area contributed by atoms with Gasteiger partial charge in [-0.05, 0) is 6.42 Å². The van der Waals surface area contributed by atoms with Crippen LogP contribution in [0.5, 0.6) is 0 Å². The molecule has 0 aliphatic heterocycles. The summed E-state index contributed by atoms with van der Waals surface area (Å²) in [5, 5.41) is 18.1. The minimum absolute atomic E-state index is 0. The maximum atomic E-state index is 9.25. The second-order valence-corrected chi connectivity index (χ2v) is 3.76. The lowest BCUT2D eigenvalue weighted by atomic mass is 9.55. The first-order valence-corrected chi connectivity index (χ1v) is 3.52. The standard InChI is InChI=1S/C7H15NO2.ClH/c1-6(2)5(10)3-7(6,8)4-9;/h5,9-10H,3-4,8H2,1-2H3;1H. The number of hydrogen-bond acceptors (Lipinski definition) is 3. The van der Waals surface area contributed by atoms with Gasteiger partial charge in [-0.25, -0.2) is 0 Å². The third kappa shape index (κ3) is 1.26. The van der Waals surface area contributed by atoms with Crippen LogP contribution < -0.4 is 5.73 Å². The predicted octanol–water partition coefficient (Wildman–Crippen LogP) is -0.111. The number of nitrogens with two attached hydrogens (primary N) is 1. The Kier molecular flexibility index (Phi) is 2.95. The fourth-order valence-electron chi connectivity index (χ4n) is 1.33. The molecule has 11 heavy (non-hydrogen) atoms. The Balaban J connectivity index is 0.000001000. The summed E-state index contributed by atoms with van der Waals surface area (Å²) in [5.74, 6) is 0. The molecule has 1 rings (SSSR count). The summed E-state index contributed by atoms with van der Waals surface area (Å²) in [6.07, 6.45) is 0.154. The van der Waals surface area contributed by atoms with Gasteiger partial charge in [-0.3, -0.25) is 0 Å². The molecule has 0 saturated heterocycles. The Morgan fingerprint density at radius 3 is 2.09 bits per heavy atom. The van der Waals surface area contributed by atoms with E-state index in [4.69, 9.17) is 10.8 Å². The van der Waals surface area contributed by atoms with Crippen molar-refractivity contribution in [2.24, 2.45) is 11.1 Å². The first-order valence-electron chi connectivity index (χ1n) is 3.52. The van der Waals surface area contributed by atoms with E-state index in [0.29, 0.717) is 6.42 Å². The van der Waals surface area contributed by atoms with Gasteiger partial charge < -0.3 is 15.9 Å². The molecule has 2 atom stereocenters. The summed E-state index contributed by atoms with van der Waals surface area (Å²) in [5.41, 5.74) is 4.87. The fraction of sp³-hybridized carbons (Fsp3) is 1.00. The van der Waals surface area contributed by atoms with E-state index in [0.717, 1.165) is 0 Å². The Labute approximate surface area is 73.0 Å². The molecule has 0 radical (unpaired) electrons. The maximum absolute atomic E-state index is 9.25. The minimum atomic E-state index is -0.563. The van der Waals surface area contributed by atoms with E-state index in [9.17, 15) is 5.11 Å². The van der Waals surface area contributed by atoms with Crippen molar-refractivity contribution >= 4 is 12.4 Å². The van der Waals surface area contributed by atoms with Crippen molar-refractivity contribution in [3.63, 3.8) is 0 Å². The summed E-state index contributed by atoms with van der Waals surface area (Å²) in [6.45, 7) is 3.70. The lowest BCUT2D eigenvalue weighted by molar-refractivity contribution is -0.133. The first-order chi connectivity index (χ1) is 4.44. The van der Waals surface area contributed by atoms with Gasteiger partial charge in [0.1, 0.15) is 0 Å². The Hall–Kier alpha value is 0.170. The second kappa shape index (κ2) is 2.90. The van der Waals surface area contributed by atoms with Crippen LogP contribution in [0.3, 0.4) is 0 Å². The molecular formula is C7H16ClNO2. The molecule has 68 valence electrons. The van der Waals surface area contributed by atoms with E-state index < -0.39 is 5.54 Å². The van der Waals surface area contributed by atoms with Crippen molar-refractivity contribution in [2.45, 2.75) is 31.9 Å². The average molecular weight is 182 g/mol. The first kappa shape index (κ1) is 11.2. The predicted molar refractivity (Wildman–Crippen MR) is 45.7 cm³/mol. The second-order valence-electron chi connectivity index (χ2n) is 3.76. The zero-order valence-electron chi connectivity index (χ0n) is 6.87. The molecule has 0 heterocycles. The average Bonchev–Trinajstić information content (AvgIpc) is 1.88. The van der Waals surface area contributed by atoms with Crippen LogP contribution in [0.1, 0.15) is 20.3 Å². The Morgan fingerprint density at radius 2 is 2.00 bits per heavy atom. The molecule has 1 aliphatic rings. The lowest BCUT2D eigenvalue weighted by Crippen LogP contribution is -2.71. The molecule has 4 heteroatoms. The van der Waals surface area contributed by atoms with Crippen molar-refractivity contribution in [1.29, 1.82) is 0 Å². The molecule has 4 N–H and O–H groups in total.